The molecule has 2 aromatic carbocycles. The molecule has 11 heteroatoms. The summed E-state index contributed by atoms with van der Waals surface area (Å²) in [5.74, 6) is -3.40. The van der Waals surface area contributed by atoms with Crippen molar-refractivity contribution >= 4 is 41.4 Å². The Kier molecular flexibility index (Phi) is 7.22. The number of nitrogens with two attached hydrogens (primary N) is 1. The van der Waals surface area contributed by atoms with Gasteiger partial charge in [0, 0.05) is 33.8 Å². The summed E-state index contributed by atoms with van der Waals surface area (Å²) < 4.78 is 32.3. The summed E-state index contributed by atoms with van der Waals surface area (Å²) in [6.07, 6.45) is -1.06. The number of rotatable bonds is 8. The van der Waals surface area contributed by atoms with Crippen LogP contribution in [0.15, 0.2) is 48.5 Å². The number of aldehydes is 1. The molecule has 7 nitrogen and oxygen atoms in total. The zero-order valence-electron chi connectivity index (χ0n) is 16.3. The molecule has 0 saturated heterocycles. The second-order valence-electron chi connectivity index (χ2n) is 6.58. The van der Waals surface area contributed by atoms with Crippen molar-refractivity contribution in [1.82, 2.24) is 9.97 Å². The molecule has 0 aliphatic rings. The Labute approximate surface area is 191 Å². The lowest BCUT2D eigenvalue weighted by atomic mass is 10.0. The average Bonchev–Trinajstić information content (AvgIpc) is 2.75. The zero-order chi connectivity index (χ0) is 23.3. The second kappa shape index (κ2) is 9.88. The van der Waals surface area contributed by atoms with E-state index in [1.54, 1.807) is 18.2 Å². The Morgan fingerprint density at radius 2 is 1.94 bits per heavy atom. The van der Waals surface area contributed by atoms with Crippen molar-refractivity contribution in [3.63, 3.8) is 0 Å². The lowest BCUT2D eigenvalue weighted by Crippen LogP contribution is -2.18. The first-order valence-corrected chi connectivity index (χ1v) is 9.93. The number of hydrogen-bond donors (Lipinski definition) is 2. The minimum Gasteiger partial charge on any atom is -0.374 e. The van der Waals surface area contributed by atoms with Crippen LogP contribution in [0.3, 0.4) is 0 Å². The van der Waals surface area contributed by atoms with E-state index in [0.29, 0.717) is 23.0 Å². The summed E-state index contributed by atoms with van der Waals surface area (Å²) in [4.78, 5) is 30.0. The van der Waals surface area contributed by atoms with Crippen LogP contribution in [-0.4, -0.2) is 28.9 Å². The SMILES string of the molecule is NC(=O)Oc1nc(NCCc2ccc(Cl)cc2Cl)cc(-c2cccc(C(F)(F)C=O)c2)n1. The van der Waals surface area contributed by atoms with Gasteiger partial charge in [-0.05, 0) is 30.2 Å². The number of benzene rings is 2. The number of anilines is 1. The first kappa shape index (κ1) is 23.4. The third kappa shape index (κ3) is 5.89. The Morgan fingerprint density at radius 3 is 2.62 bits per heavy atom. The Hall–Kier alpha value is -3.30. The van der Waals surface area contributed by atoms with Gasteiger partial charge in [-0.15, -0.1) is 0 Å². The third-order valence-corrected chi connectivity index (χ3v) is 4.89. The summed E-state index contributed by atoms with van der Waals surface area (Å²) >= 11 is 12.1. The standard InChI is InChI=1S/C21H16Cl2F2N4O3/c22-15-5-4-12(16(23)9-15)6-7-27-18-10-17(28-20(29-18)32-19(26)31)13-2-1-3-14(8-13)21(24,25)11-30/h1-5,8-11H,6-7H2,(H2,26,31)(H,27,28,29). The first-order valence-electron chi connectivity index (χ1n) is 9.17. The Morgan fingerprint density at radius 1 is 1.16 bits per heavy atom. The maximum Gasteiger partial charge on any atom is 0.412 e. The Bertz CT molecular complexity index is 1160. The molecule has 0 unspecified atom stereocenters. The number of ether oxygens (including phenoxy) is 1. The maximum atomic E-state index is 13.8. The fourth-order valence-electron chi connectivity index (χ4n) is 2.80. The van der Waals surface area contributed by atoms with Gasteiger partial charge in [0.2, 0.25) is 0 Å². The zero-order valence-corrected chi connectivity index (χ0v) is 17.8. The van der Waals surface area contributed by atoms with Crippen LogP contribution in [0, 0.1) is 0 Å². The van der Waals surface area contributed by atoms with E-state index in [1.165, 1.54) is 18.2 Å². The highest BCUT2D eigenvalue weighted by molar-refractivity contribution is 6.35. The predicted octanol–water partition coefficient (Wildman–Crippen LogP) is 4.85. The quantitative estimate of drug-likeness (QED) is 0.446. The van der Waals surface area contributed by atoms with Crippen molar-refractivity contribution in [2.75, 3.05) is 11.9 Å². The minimum absolute atomic E-state index is 0.173. The molecular weight excluding hydrogens is 465 g/mol. The molecule has 3 N–H and O–H groups in total. The van der Waals surface area contributed by atoms with Gasteiger partial charge in [-0.2, -0.15) is 18.7 Å². The van der Waals surface area contributed by atoms with E-state index in [-0.39, 0.29) is 23.1 Å². The summed E-state index contributed by atoms with van der Waals surface area (Å²) in [5, 5.41) is 4.06. The van der Waals surface area contributed by atoms with E-state index in [0.717, 1.165) is 17.7 Å². The number of nitrogens with zero attached hydrogens (tertiary/aromatic N) is 2. The molecule has 0 bridgehead atoms. The molecule has 1 amide bonds. The van der Waals surface area contributed by atoms with Crippen molar-refractivity contribution in [3.8, 4) is 17.3 Å². The highest BCUT2D eigenvalue weighted by atomic mass is 35.5. The van der Waals surface area contributed by atoms with E-state index < -0.39 is 23.9 Å². The first-order chi connectivity index (χ1) is 15.2. The smallest absolute Gasteiger partial charge is 0.374 e. The lowest BCUT2D eigenvalue weighted by Gasteiger charge is -2.12. The van der Waals surface area contributed by atoms with Crippen LogP contribution in [0.4, 0.5) is 19.4 Å². The number of amides is 1. The normalized spacial score (nSPS) is 11.1. The van der Waals surface area contributed by atoms with Crippen molar-refractivity contribution in [2.24, 2.45) is 5.73 Å². The molecule has 32 heavy (non-hydrogen) atoms. The Balaban J connectivity index is 1.87. The molecule has 0 spiro atoms. The lowest BCUT2D eigenvalue weighted by molar-refractivity contribution is -0.130. The number of hydrogen-bond acceptors (Lipinski definition) is 6. The molecule has 0 saturated carbocycles. The monoisotopic (exact) mass is 480 g/mol. The number of carbonyl (C=O) groups is 2. The summed E-state index contributed by atoms with van der Waals surface area (Å²) in [6.45, 7) is 0.386. The molecule has 0 fully saturated rings. The maximum absolute atomic E-state index is 13.8. The van der Waals surface area contributed by atoms with Gasteiger partial charge >= 0.3 is 18.0 Å². The largest absolute Gasteiger partial charge is 0.412 e. The van der Waals surface area contributed by atoms with Crippen molar-refractivity contribution in [3.05, 3.63) is 69.7 Å². The molecule has 1 heterocycles. The van der Waals surface area contributed by atoms with E-state index in [4.69, 9.17) is 33.7 Å². The molecule has 166 valence electrons. The number of primary amides is 1. The van der Waals surface area contributed by atoms with Gasteiger partial charge in [-0.3, -0.25) is 4.79 Å². The van der Waals surface area contributed by atoms with Gasteiger partial charge in [-0.25, -0.2) is 4.79 Å². The van der Waals surface area contributed by atoms with Crippen LogP contribution in [-0.2, 0) is 17.1 Å². The van der Waals surface area contributed by atoms with Gasteiger partial charge in [0.05, 0.1) is 5.69 Å². The summed E-state index contributed by atoms with van der Waals surface area (Å²) in [7, 11) is 0. The summed E-state index contributed by atoms with van der Waals surface area (Å²) in [5.41, 5.74) is 5.81. The van der Waals surface area contributed by atoms with Gasteiger partial charge in [0.25, 0.3) is 0 Å². The number of alkyl halides is 2. The molecular formula is C21H16Cl2F2N4O3. The minimum atomic E-state index is -3.66. The summed E-state index contributed by atoms with van der Waals surface area (Å²) in [6, 6.07) is 11.3. The molecule has 0 atom stereocenters. The van der Waals surface area contributed by atoms with E-state index in [2.05, 4.69) is 15.3 Å². The molecule has 0 aliphatic heterocycles. The van der Waals surface area contributed by atoms with E-state index >= 15 is 0 Å². The fraction of sp³-hybridized carbons (Fsp3) is 0.143. The van der Waals surface area contributed by atoms with Crippen LogP contribution in [0.5, 0.6) is 6.01 Å². The molecule has 3 rings (SSSR count). The van der Waals surface area contributed by atoms with Crippen LogP contribution in [0.25, 0.3) is 11.3 Å². The van der Waals surface area contributed by atoms with E-state index in [1.807, 2.05) is 0 Å². The van der Waals surface area contributed by atoms with Crippen molar-refractivity contribution in [2.45, 2.75) is 12.3 Å². The molecule has 1 aromatic heterocycles. The van der Waals surface area contributed by atoms with Crippen LogP contribution < -0.4 is 15.8 Å². The predicted molar refractivity (Wildman–Crippen MR) is 116 cm³/mol. The molecule has 0 aliphatic carbocycles. The van der Waals surface area contributed by atoms with Crippen molar-refractivity contribution < 1.29 is 23.1 Å². The average molecular weight is 481 g/mol. The van der Waals surface area contributed by atoms with Crippen LogP contribution in [0.1, 0.15) is 11.1 Å². The van der Waals surface area contributed by atoms with Crippen LogP contribution in [0.2, 0.25) is 10.0 Å². The fourth-order valence-corrected chi connectivity index (χ4v) is 3.31. The number of nitrogens with one attached hydrogen (secondary N) is 1. The highest BCUT2D eigenvalue weighted by Gasteiger charge is 2.31. The van der Waals surface area contributed by atoms with Crippen LogP contribution >= 0.6 is 23.2 Å². The van der Waals surface area contributed by atoms with E-state index in [9.17, 15) is 18.4 Å². The van der Waals surface area contributed by atoms with Gasteiger partial charge in [0.1, 0.15) is 5.82 Å². The number of carbonyl (C=O) groups excluding carboxylic acids is 2. The third-order valence-electron chi connectivity index (χ3n) is 4.30. The molecule has 3 aromatic rings. The number of aromatic nitrogens is 2. The van der Waals surface area contributed by atoms with Gasteiger partial charge in [0.15, 0.2) is 6.29 Å². The number of halogens is 4. The molecule has 0 radical (unpaired) electrons. The second-order valence-corrected chi connectivity index (χ2v) is 7.42. The van der Waals surface area contributed by atoms with Gasteiger partial charge in [-0.1, -0.05) is 47.5 Å². The van der Waals surface area contributed by atoms with Gasteiger partial charge < -0.3 is 15.8 Å². The topological polar surface area (TPSA) is 107 Å². The highest BCUT2D eigenvalue weighted by Crippen LogP contribution is 2.30. The van der Waals surface area contributed by atoms with Crippen molar-refractivity contribution in [1.29, 1.82) is 0 Å².